The van der Waals surface area contributed by atoms with Crippen LogP contribution in [0.25, 0.3) is 0 Å². The number of carbonyl (C=O) groups excluding carboxylic acids is 1. The number of carboxylic acid groups (broad SMARTS) is 1. The molecule has 8 nitrogen and oxygen atoms in total. The van der Waals surface area contributed by atoms with Crippen molar-refractivity contribution in [3.05, 3.63) is 0 Å². The number of aliphatic carboxylic acids is 1. The highest BCUT2D eigenvalue weighted by atomic mass is 32.2. The van der Waals surface area contributed by atoms with Crippen molar-refractivity contribution in [1.82, 2.24) is 9.62 Å². The summed E-state index contributed by atoms with van der Waals surface area (Å²) in [5.41, 5.74) is 0. The standard InChI is InChI=1S/C14H26N2O6S/c1-3-10-23(20,21)16-8-5-4-6-12(16)13(17)15-11(14(18)19)7-9-22-2/h11-12H,3-10H2,1-2H3,(H,15,17)(H,18,19). The van der Waals surface area contributed by atoms with E-state index in [0.29, 0.717) is 25.8 Å². The first-order valence-corrected chi connectivity index (χ1v) is 9.46. The fraction of sp³-hybridized carbons (Fsp3) is 0.857. The van der Waals surface area contributed by atoms with Gasteiger partial charge in [0.1, 0.15) is 12.1 Å². The molecule has 0 spiro atoms. The number of rotatable bonds is 9. The average Bonchev–Trinajstić information content (AvgIpc) is 2.50. The number of ether oxygens (including phenoxy) is 1. The summed E-state index contributed by atoms with van der Waals surface area (Å²) in [6.45, 7) is 2.26. The number of methoxy groups -OCH3 is 1. The Labute approximate surface area is 137 Å². The zero-order chi connectivity index (χ0) is 17.5. The van der Waals surface area contributed by atoms with Crippen molar-refractivity contribution in [3.63, 3.8) is 0 Å². The number of sulfonamides is 1. The lowest BCUT2D eigenvalue weighted by Gasteiger charge is -2.34. The van der Waals surface area contributed by atoms with Crippen LogP contribution in [0.3, 0.4) is 0 Å². The SMILES string of the molecule is CCCS(=O)(=O)N1CCCCC1C(=O)NC(CCOC)C(=O)O. The summed E-state index contributed by atoms with van der Waals surface area (Å²) in [6.07, 6.45) is 2.46. The molecule has 0 aliphatic carbocycles. The minimum absolute atomic E-state index is 0.0111. The lowest BCUT2D eigenvalue weighted by atomic mass is 10.0. The molecule has 1 heterocycles. The highest BCUT2D eigenvalue weighted by Gasteiger charge is 2.37. The molecule has 0 aromatic rings. The minimum atomic E-state index is -3.50. The number of hydrogen-bond donors (Lipinski definition) is 2. The first-order valence-electron chi connectivity index (χ1n) is 7.85. The van der Waals surface area contributed by atoms with Crippen LogP contribution in [0, 0.1) is 0 Å². The van der Waals surface area contributed by atoms with Gasteiger partial charge in [-0.15, -0.1) is 0 Å². The fourth-order valence-corrected chi connectivity index (χ4v) is 4.38. The largest absolute Gasteiger partial charge is 0.480 e. The molecule has 0 aromatic heterocycles. The van der Waals surface area contributed by atoms with Gasteiger partial charge in [0, 0.05) is 26.7 Å². The maximum absolute atomic E-state index is 12.4. The summed E-state index contributed by atoms with van der Waals surface area (Å²) < 4.78 is 30.7. The molecule has 0 saturated carbocycles. The van der Waals surface area contributed by atoms with E-state index < -0.39 is 34.0 Å². The normalized spacial score (nSPS) is 20.9. The second-order valence-corrected chi connectivity index (χ2v) is 7.66. The maximum atomic E-state index is 12.4. The summed E-state index contributed by atoms with van der Waals surface area (Å²) in [5.74, 6) is -1.72. The summed E-state index contributed by atoms with van der Waals surface area (Å²) in [6, 6.07) is -1.91. The van der Waals surface area contributed by atoms with Crippen molar-refractivity contribution >= 4 is 21.9 Å². The summed E-state index contributed by atoms with van der Waals surface area (Å²) in [4.78, 5) is 23.6. The number of nitrogens with zero attached hydrogens (tertiary/aromatic N) is 1. The number of carboxylic acids is 1. The van der Waals surface area contributed by atoms with Gasteiger partial charge in [-0.05, 0) is 19.3 Å². The van der Waals surface area contributed by atoms with Crippen molar-refractivity contribution in [2.45, 2.75) is 51.1 Å². The van der Waals surface area contributed by atoms with Crippen LogP contribution in [0.4, 0.5) is 0 Å². The minimum Gasteiger partial charge on any atom is -0.480 e. The van der Waals surface area contributed by atoms with Crippen LogP contribution >= 0.6 is 0 Å². The molecule has 0 radical (unpaired) electrons. The van der Waals surface area contributed by atoms with Crippen LogP contribution in [0.5, 0.6) is 0 Å². The molecule has 1 aliphatic heterocycles. The quantitative estimate of drug-likeness (QED) is 0.614. The second-order valence-electron chi connectivity index (χ2n) is 5.62. The van der Waals surface area contributed by atoms with Crippen molar-refractivity contribution in [2.75, 3.05) is 26.0 Å². The topological polar surface area (TPSA) is 113 Å². The maximum Gasteiger partial charge on any atom is 0.326 e. The van der Waals surface area contributed by atoms with Crippen molar-refractivity contribution in [2.24, 2.45) is 0 Å². The molecule has 23 heavy (non-hydrogen) atoms. The molecule has 1 aliphatic rings. The van der Waals surface area contributed by atoms with Crippen LogP contribution < -0.4 is 5.32 Å². The molecule has 0 bridgehead atoms. The van der Waals surface area contributed by atoms with E-state index >= 15 is 0 Å². The Kier molecular flexibility index (Phi) is 7.93. The van der Waals surface area contributed by atoms with Gasteiger partial charge in [-0.25, -0.2) is 13.2 Å². The van der Waals surface area contributed by atoms with E-state index in [1.54, 1.807) is 6.92 Å². The lowest BCUT2D eigenvalue weighted by molar-refractivity contribution is -0.143. The zero-order valence-corrected chi connectivity index (χ0v) is 14.5. The Morgan fingerprint density at radius 2 is 2.09 bits per heavy atom. The molecule has 1 rings (SSSR count). The van der Waals surface area contributed by atoms with Gasteiger partial charge in [0.2, 0.25) is 15.9 Å². The van der Waals surface area contributed by atoms with Crippen molar-refractivity contribution in [1.29, 1.82) is 0 Å². The van der Waals surface area contributed by atoms with Crippen LogP contribution in [0.15, 0.2) is 0 Å². The average molecular weight is 350 g/mol. The van der Waals surface area contributed by atoms with Gasteiger partial charge < -0.3 is 15.2 Å². The molecule has 9 heteroatoms. The van der Waals surface area contributed by atoms with Gasteiger partial charge in [0.25, 0.3) is 0 Å². The summed E-state index contributed by atoms with van der Waals surface area (Å²) in [5, 5.41) is 11.6. The second kappa shape index (κ2) is 9.19. The highest BCUT2D eigenvalue weighted by Crippen LogP contribution is 2.21. The van der Waals surface area contributed by atoms with Gasteiger partial charge in [0.15, 0.2) is 0 Å². The number of amides is 1. The van der Waals surface area contributed by atoms with E-state index in [0.717, 1.165) is 6.42 Å². The van der Waals surface area contributed by atoms with Gasteiger partial charge in [-0.3, -0.25) is 4.79 Å². The number of hydrogen-bond acceptors (Lipinski definition) is 5. The first kappa shape index (κ1) is 19.9. The predicted molar refractivity (Wildman–Crippen MR) is 84.5 cm³/mol. The molecule has 2 unspecified atom stereocenters. The highest BCUT2D eigenvalue weighted by molar-refractivity contribution is 7.89. The van der Waals surface area contributed by atoms with Crippen LogP contribution in [-0.4, -0.2) is 67.8 Å². The van der Waals surface area contributed by atoms with Gasteiger partial charge in [0.05, 0.1) is 5.75 Å². The molecule has 0 aromatic carbocycles. The van der Waals surface area contributed by atoms with E-state index in [4.69, 9.17) is 9.84 Å². The number of nitrogens with one attached hydrogen (secondary N) is 1. The molecule has 2 N–H and O–H groups in total. The molecule has 1 fully saturated rings. The molecule has 1 amide bonds. The van der Waals surface area contributed by atoms with Crippen LogP contribution in [0.1, 0.15) is 39.0 Å². The first-order chi connectivity index (χ1) is 10.8. The molecule has 134 valence electrons. The number of carbonyl (C=O) groups is 2. The number of piperidine rings is 1. The Morgan fingerprint density at radius 1 is 1.39 bits per heavy atom. The van der Waals surface area contributed by atoms with Gasteiger partial charge in [-0.2, -0.15) is 4.31 Å². The van der Waals surface area contributed by atoms with Gasteiger partial charge >= 0.3 is 5.97 Å². The Hall–Kier alpha value is -1.19. The van der Waals surface area contributed by atoms with Crippen molar-refractivity contribution in [3.8, 4) is 0 Å². The zero-order valence-electron chi connectivity index (χ0n) is 13.7. The Balaban J connectivity index is 2.83. The van der Waals surface area contributed by atoms with E-state index in [2.05, 4.69) is 5.32 Å². The van der Waals surface area contributed by atoms with Crippen LogP contribution in [0.2, 0.25) is 0 Å². The molecule has 2 atom stereocenters. The Morgan fingerprint density at radius 3 is 2.65 bits per heavy atom. The monoisotopic (exact) mass is 350 g/mol. The smallest absolute Gasteiger partial charge is 0.326 e. The molecular weight excluding hydrogens is 324 g/mol. The third kappa shape index (κ3) is 5.74. The van der Waals surface area contributed by atoms with E-state index in [1.165, 1.54) is 11.4 Å². The van der Waals surface area contributed by atoms with Crippen LogP contribution in [-0.2, 0) is 24.3 Å². The summed E-state index contributed by atoms with van der Waals surface area (Å²) in [7, 11) is -2.05. The molecule has 1 saturated heterocycles. The van der Waals surface area contributed by atoms with E-state index in [9.17, 15) is 18.0 Å². The lowest BCUT2D eigenvalue weighted by Crippen LogP contribution is -2.55. The summed E-state index contributed by atoms with van der Waals surface area (Å²) >= 11 is 0. The third-order valence-electron chi connectivity index (χ3n) is 3.80. The van der Waals surface area contributed by atoms with Gasteiger partial charge in [-0.1, -0.05) is 13.3 Å². The van der Waals surface area contributed by atoms with E-state index in [1.807, 2.05) is 0 Å². The van der Waals surface area contributed by atoms with E-state index in [-0.39, 0.29) is 18.8 Å². The Bertz CT molecular complexity index is 507. The molecular formula is C14H26N2O6S. The van der Waals surface area contributed by atoms with Crippen molar-refractivity contribution < 1.29 is 27.9 Å². The predicted octanol–water partition coefficient (Wildman–Crippen LogP) is 0.187. The third-order valence-corrected chi connectivity index (χ3v) is 5.88. The fourth-order valence-electron chi connectivity index (χ4n) is 2.64.